The van der Waals surface area contributed by atoms with Crippen molar-refractivity contribution in [3.05, 3.63) is 24.5 Å². The molecule has 0 aliphatic heterocycles. The molecule has 0 aliphatic rings. The van der Waals surface area contributed by atoms with Crippen LogP contribution in [0.25, 0.3) is 0 Å². The highest BCUT2D eigenvalue weighted by Gasteiger charge is 2.11. The SMILES string of the molecule is CC[C@H](N=C(NC#N)Nc1ccncc1)C(C)C. The number of anilines is 1. The van der Waals surface area contributed by atoms with Gasteiger partial charge in [0.05, 0.1) is 6.04 Å². The molecule has 5 nitrogen and oxygen atoms in total. The molecule has 1 aromatic rings. The Labute approximate surface area is 108 Å². The normalized spacial score (nSPS) is 12.9. The van der Waals surface area contributed by atoms with E-state index in [2.05, 4.69) is 41.4 Å². The Bertz CT molecular complexity index is 419. The minimum atomic E-state index is 0.190. The second-order valence-corrected chi connectivity index (χ2v) is 4.30. The maximum Gasteiger partial charge on any atom is 0.209 e. The fourth-order valence-corrected chi connectivity index (χ4v) is 1.60. The van der Waals surface area contributed by atoms with Gasteiger partial charge in [0.15, 0.2) is 6.19 Å². The number of aliphatic imine (C=N–C) groups is 1. The summed E-state index contributed by atoms with van der Waals surface area (Å²) in [5.41, 5.74) is 0.852. The molecule has 0 saturated heterocycles. The first kappa shape index (κ1) is 14.0. The maximum atomic E-state index is 8.74. The predicted octanol–water partition coefficient (Wildman–Crippen LogP) is 2.35. The first-order valence-corrected chi connectivity index (χ1v) is 6.07. The molecule has 1 rings (SSSR count). The zero-order valence-electron chi connectivity index (χ0n) is 11.0. The van der Waals surface area contributed by atoms with Crippen molar-refractivity contribution in [2.24, 2.45) is 10.9 Å². The van der Waals surface area contributed by atoms with Gasteiger partial charge >= 0.3 is 0 Å². The van der Waals surface area contributed by atoms with E-state index in [0.29, 0.717) is 11.9 Å². The van der Waals surface area contributed by atoms with Gasteiger partial charge in [-0.3, -0.25) is 10.3 Å². The van der Waals surface area contributed by atoms with Gasteiger partial charge in [-0.05, 0) is 24.5 Å². The third kappa shape index (κ3) is 4.42. The number of nitrogens with zero attached hydrogens (tertiary/aromatic N) is 3. The lowest BCUT2D eigenvalue weighted by atomic mass is 10.0. The summed E-state index contributed by atoms with van der Waals surface area (Å²) in [6.45, 7) is 6.33. The first-order valence-electron chi connectivity index (χ1n) is 6.07. The van der Waals surface area contributed by atoms with Crippen LogP contribution in [-0.2, 0) is 0 Å². The van der Waals surface area contributed by atoms with Gasteiger partial charge in [0.25, 0.3) is 0 Å². The highest BCUT2D eigenvalue weighted by Crippen LogP contribution is 2.11. The van der Waals surface area contributed by atoms with E-state index in [4.69, 9.17) is 5.26 Å². The molecule has 0 bridgehead atoms. The number of nitrogens with one attached hydrogen (secondary N) is 2. The molecular weight excluding hydrogens is 226 g/mol. The average molecular weight is 245 g/mol. The van der Waals surface area contributed by atoms with Crippen LogP contribution in [0.15, 0.2) is 29.5 Å². The quantitative estimate of drug-likeness (QED) is 0.369. The van der Waals surface area contributed by atoms with Gasteiger partial charge in [-0.2, -0.15) is 5.26 Å². The monoisotopic (exact) mass is 245 g/mol. The Morgan fingerprint density at radius 3 is 2.61 bits per heavy atom. The molecule has 96 valence electrons. The summed E-state index contributed by atoms with van der Waals surface area (Å²) in [6.07, 6.45) is 6.21. The molecule has 0 saturated carbocycles. The summed E-state index contributed by atoms with van der Waals surface area (Å²) in [7, 11) is 0. The molecule has 5 heteroatoms. The molecule has 18 heavy (non-hydrogen) atoms. The second kappa shape index (κ2) is 7.28. The Balaban J connectivity index is 2.82. The standard InChI is InChI=1S/C13H19N5/c1-4-12(10(2)3)18-13(16-9-14)17-11-5-7-15-8-6-11/h5-8,10,12H,4H2,1-3H3,(H2,15,16,17,18)/t12-/m0/s1. The lowest BCUT2D eigenvalue weighted by molar-refractivity contribution is 0.482. The number of hydrogen-bond donors (Lipinski definition) is 2. The number of guanidine groups is 1. The van der Waals surface area contributed by atoms with Crippen LogP contribution in [-0.4, -0.2) is 17.0 Å². The third-order valence-electron chi connectivity index (χ3n) is 2.60. The van der Waals surface area contributed by atoms with Gasteiger partial charge in [0.1, 0.15) is 0 Å². The summed E-state index contributed by atoms with van der Waals surface area (Å²) in [6, 6.07) is 3.84. The van der Waals surface area contributed by atoms with Crippen molar-refractivity contribution in [2.45, 2.75) is 33.2 Å². The van der Waals surface area contributed by atoms with Gasteiger partial charge in [-0.1, -0.05) is 20.8 Å². The predicted molar refractivity (Wildman–Crippen MR) is 73.0 cm³/mol. The number of rotatable bonds is 4. The van der Waals surface area contributed by atoms with Crippen LogP contribution in [0.4, 0.5) is 5.69 Å². The number of pyridine rings is 1. The Morgan fingerprint density at radius 1 is 1.44 bits per heavy atom. The van der Waals surface area contributed by atoms with Crippen molar-refractivity contribution in [1.82, 2.24) is 10.3 Å². The molecule has 1 aromatic heterocycles. The zero-order valence-corrected chi connectivity index (χ0v) is 11.0. The molecule has 0 aliphatic carbocycles. The molecule has 0 fully saturated rings. The van der Waals surface area contributed by atoms with Crippen molar-refractivity contribution < 1.29 is 0 Å². The highest BCUT2D eigenvalue weighted by atomic mass is 15.2. The second-order valence-electron chi connectivity index (χ2n) is 4.30. The topological polar surface area (TPSA) is 73.1 Å². The molecule has 1 atom stereocenters. The van der Waals surface area contributed by atoms with Crippen LogP contribution in [0.3, 0.4) is 0 Å². The molecule has 0 spiro atoms. The summed E-state index contributed by atoms with van der Waals surface area (Å²) < 4.78 is 0. The largest absolute Gasteiger partial charge is 0.325 e. The van der Waals surface area contributed by atoms with Crippen molar-refractivity contribution in [2.75, 3.05) is 5.32 Å². The van der Waals surface area contributed by atoms with Crippen molar-refractivity contribution >= 4 is 11.6 Å². The fourth-order valence-electron chi connectivity index (χ4n) is 1.60. The number of nitriles is 1. The summed E-state index contributed by atoms with van der Waals surface area (Å²) >= 11 is 0. The van der Waals surface area contributed by atoms with E-state index < -0.39 is 0 Å². The van der Waals surface area contributed by atoms with Crippen LogP contribution in [0.2, 0.25) is 0 Å². The first-order chi connectivity index (χ1) is 8.67. The summed E-state index contributed by atoms with van der Waals surface area (Å²) in [4.78, 5) is 8.47. The van der Waals surface area contributed by atoms with E-state index >= 15 is 0 Å². The van der Waals surface area contributed by atoms with Gasteiger partial charge in [0, 0.05) is 18.1 Å². The van der Waals surface area contributed by atoms with Gasteiger partial charge in [-0.25, -0.2) is 4.99 Å². The van der Waals surface area contributed by atoms with E-state index in [1.54, 1.807) is 12.4 Å². The number of hydrogen-bond acceptors (Lipinski definition) is 3. The minimum Gasteiger partial charge on any atom is -0.325 e. The molecular formula is C13H19N5. The van der Waals surface area contributed by atoms with Gasteiger partial charge in [0.2, 0.25) is 5.96 Å². The van der Waals surface area contributed by atoms with Crippen LogP contribution in [0, 0.1) is 17.4 Å². The van der Waals surface area contributed by atoms with Crippen LogP contribution >= 0.6 is 0 Å². The van der Waals surface area contributed by atoms with Crippen LogP contribution in [0.1, 0.15) is 27.2 Å². The highest BCUT2D eigenvalue weighted by molar-refractivity contribution is 5.94. The maximum absolute atomic E-state index is 8.74. The number of aromatic nitrogens is 1. The van der Waals surface area contributed by atoms with E-state index in [9.17, 15) is 0 Å². The summed E-state index contributed by atoms with van der Waals surface area (Å²) in [5, 5.41) is 14.4. The van der Waals surface area contributed by atoms with E-state index in [0.717, 1.165) is 12.1 Å². The summed E-state index contributed by atoms with van der Waals surface area (Å²) in [5.74, 6) is 0.911. The van der Waals surface area contributed by atoms with Crippen LogP contribution < -0.4 is 10.6 Å². The van der Waals surface area contributed by atoms with Gasteiger partial charge < -0.3 is 5.32 Å². The van der Waals surface area contributed by atoms with E-state index in [1.165, 1.54) is 0 Å². The van der Waals surface area contributed by atoms with E-state index in [-0.39, 0.29) is 6.04 Å². The molecule has 2 N–H and O–H groups in total. The fraction of sp³-hybridized carbons (Fsp3) is 0.462. The average Bonchev–Trinajstić information content (AvgIpc) is 2.36. The smallest absolute Gasteiger partial charge is 0.209 e. The van der Waals surface area contributed by atoms with Crippen molar-refractivity contribution in [1.29, 1.82) is 5.26 Å². The van der Waals surface area contributed by atoms with Gasteiger partial charge in [-0.15, -0.1) is 0 Å². The van der Waals surface area contributed by atoms with Crippen molar-refractivity contribution in [3.8, 4) is 6.19 Å². The molecule has 0 aromatic carbocycles. The molecule has 0 radical (unpaired) electrons. The van der Waals surface area contributed by atoms with Crippen LogP contribution in [0.5, 0.6) is 0 Å². The molecule has 1 heterocycles. The Kier molecular flexibility index (Phi) is 5.65. The Morgan fingerprint density at radius 2 is 2.11 bits per heavy atom. The minimum absolute atomic E-state index is 0.190. The molecule has 0 unspecified atom stereocenters. The lowest BCUT2D eigenvalue weighted by Crippen LogP contribution is -2.29. The zero-order chi connectivity index (χ0) is 13.4. The molecule has 0 amide bonds. The van der Waals surface area contributed by atoms with Crippen molar-refractivity contribution in [3.63, 3.8) is 0 Å². The third-order valence-corrected chi connectivity index (χ3v) is 2.60. The van der Waals surface area contributed by atoms with E-state index in [1.807, 2.05) is 18.3 Å². The lowest BCUT2D eigenvalue weighted by Gasteiger charge is -2.16. The Hall–Kier alpha value is -2.09.